The smallest absolute Gasteiger partial charge is 0.404 e. The number of primary amides is 1. The summed E-state index contributed by atoms with van der Waals surface area (Å²) < 4.78 is 22.0. The second kappa shape index (κ2) is 7.98. The average Bonchev–Trinajstić information content (AvgIpc) is 2.47. The normalized spacial score (nSPS) is 17.0. The van der Waals surface area contributed by atoms with Gasteiger partial charge in [0.2, 0.25) is 0 Å². The third-order valence-electron chi connectivity index (χ3n) is 3.45. The van der Waals surface area contributed by atoms with Crippen molar-refractivity contribution in [2.45, 2.75) is 31.8 Å². The van der Waals surface area contributed by atoms with Crippen molar-refractivity contribution >= 4 is 15.8 Å². The molecule has 122 valence electrons. The van der Waals surface area contributed by atoms with Crippen molar-refractivity contribution in [3.05, 3.63) is 41.8 Å². The molecule has 3 atom stereocenters. The maximum Gasteiger partial charge on any atom is 0.404 e. The Morgan fingerprint density at radius 3 is 2.32 bits per heavy atom. The van der Waals surface area contributed by atoms with Crippen molar-refractivity contribution in [2.24, 2.45) is 21.9 Å². The number of hydrogen-bond donors (Lipinski definition) is 1. The third-order valence-corrected chi connectivity index (χ3v) is 5.47. The standard InChI is InChI=1S/C16H24N2O3S/c1-12(2)15(13(3)21-16(17)19)10-11-22(20,18-4)14-8-6-5-7-9-14/h5-13,15H,1-4H3,(H2,17,19)/b11-10-/t13-,15-,22+/m0/s1. The average molecular weight is 324 g/mol. The van der Waals surface area contributed by atoms with Gasteiger partial charge < -0.3 is 10.5 Å². The van der Waals surface area contributed by atoms with E-state index in [2.05, 4.69) is 4.36 Å². The molecule has 0 bridgehead atoms. The molecule has 1 aromatic rings. The molecular weight excluding hydrogens is 300 g/mol. The topological polar surface area (TPSA) is 81.8 Å². The van der Waals surface area contributed by atoms with Crippen molar-refractivity contribution in [3.63, 3.8) is 0 Å². The van der Waals surface area contributed by atoms with Crippen LogP contribution in [0.15, 0.2) is 51.1 Å². The lowest BCUT2D eigenvalue weighted by Gasteiger charge is -2.23. The number of carbonyl (C=O) groups is 1. The number of rotatable bonds is 6. The molecule has 6 heteroatoms. The zero-order valence-corrected chi connectivity index (χ0v) is 14.2. The summed E-state index contributed by atoms with van der Waals surface area (Å²) in [6.45, 7) is 5.78. The summed E-state index contributed by atoms with van der Waals surface area (Å²) in [7, 11) is -1.09. The number of ether oxygens (including phenoxy) is 1. The highest BCUT2D eigenvalue weighted by molar-refractivity contribution is 7.96. The minimum absolute atomic E-state index is 0.0983. The summed E-state index contributed by atoms with van der Waals surface area (Å²) in [6.07, 6.45) is 0.598. The highest BCUT2D eigenvalue weighted by atomic mass is 32.2. The van der Waals surface area contributed by atoms with Crippen molar-refractivity contribution < 1.29 is 13.7 Å². The Bertz CT molecular complexity index is 632. The molecule has 0 saturated carbocycles. The second-order valence-electron chi connectivity index (χ2n) is 5.36. The van der Waals surface area contributed by atoms with Crippen LogP contribution in [0.1, 0.15) is 20.8 Å². The van der Waals surface area contributed by atoms with Gasteiger partial charge in [0.1, 0.15) is 6.10 Å². The van der Waals surface area contributed by atoms with E-state index in [1.54, 1.807) is 30.5 Å². The van der Waals surface area contributed by atoms with Crippen LogP contribution in [0.4, 0.5) is 4.79 Å². The van der Waals surface area contributed by atoms with Crippen LogP contribution >= 0.6 is 0 Å². The van der Waals surface area contributed by atoms with Gasteiger partial charge in [-0.15, -0.1) is 0 Å². The molecule has 0 aliphatic heterocycles. The van der Waals surface area contributed by atoms with Crippen LogP contribution in [-0.4, -0.2) is 23.5 Å². The van der Waals surface area contributed by atoms with Crippen LogP contribution in [0, 0.1) is 11.8 Å². The lowest BCUT2D eigenvalue weighted by atomic mass is 9.91. The maximum absolute atomic E-state index is 12.9. The molecule has 22 heavy (non-hydrogen) atoms. The SMILES string of the molecule is CN=[S@@](=O)(/C=C\[C@@H](C(C)C)[C@H](C)OC(N)=O)c1ccccc1. The molecular formula is C16H24N2O3S. The van der Waals surface area contributed by atoms with Crippen LogP contribution < -0.4 is 5.73 Å². The van der Waals surface area contributed by atoms with Crippen molar-refractivity contribution in [3.8, 4) is 0 Å². The molecule has 0 spiro atoms. The molecule has 0 radical (unpaired) electrons. The molecule has 1 rings (SSSR count). The summed E-state index contributed by atoms with van der Waals surface area (Å²) in [5.41, 5.74) is 5.07. The minimum atomic E-state index is -2.62. The van der Waals surface area contributed by atoms with E-state index in [0.717, 1.165) is 0 Å². The highest BCUT2D eigenvalue weighted by Gasteiger charge is 2.22. The van der Waals surface area contributed by atoms with Gasteiger partial charge in [-0.25, -0.2) is 13.4 Å². The minimum Gasteiger partial charge on any atom is -0.446 e. The fourth-order valence-electron chi connectivity index (χ4n) is 2.24. The van der Waals surface area contributed by atoms with Crippen LogP contribution in [0.2, 0.25) is 0 Å². The van der Waals surface area contributed by atoms with E-state index in [-0.39, 0.29) is 11.8 Å². The molecule has 0 aromatic heterocycles. The molecule has 0 saturated heterocycles. The Hall–Kier alpha value is -1.82. The lowest BCUT2D eigenvalue weighted by Crippen LogP contribution is -2.29. The quantitative estimate of drug-likeness (QED) is 0.870. The summed E-state index contributed by atoms with van der Waals surface area (Å²) in [4.78, 5) is 11.6. The number of nitrogens with zero attached hydrogens (tertiary/aromatic N) is 1. The van der Waals surface area contributed by atoms with Gasteiger partial charge in [-0.3, -0.25) is 0 Å². The molecule has 5 nitrogen and oxygen atoms in total. The zero-order valence-electron chi connectivity index (χ0n) is 13.4. The van der Waals surface area contributed by atoms with E-state index < -0.39 is 21.9 Å². The van der Waals surface area contributed by atoms with Crippen LogP contribution in [-0.2, 0) is 14.5 Å². The zero-order chi connectivity index (χ0) is 16.8. The second-order valence-corrected chi connectivity index (χ2v) is 7.60. The van der Waals surface area contributed by atoms with Gasteiger partial charge in [-0.1, -0.05) is 38.1 Å². The van der Waals surface area contributed by atoms with Crippen LogP contribution in [0.3, 0.4) is 0 Å². The van der Waals surface area contributed by atoms with Gasteiger partial charge in [0.25, 0.3) is 0 Å². The van der Waals surface area contributed by atoms with Gasteiger partial charge in [-0.05, 0) is 25.0 Å². The Kier molecular flexibility index (Phi) is 6.61. The first-order valence-corrected chi connectivity index (χ1v) is 8.72. The Labute approximate surface area is 132 Å². The molecule has 0 aliphatic rings. The van der Waals surface area contributed by atoms with Crippen molar-refractivity contribution in [1.82, 2.24) is 0 Å². The first kappa shape index (κ1) is 18.2. The highest BCUT2D eigenvalue weighted by Crippen LogP contribution is 2.22. The number of amides is 1. The number of benzene rings is 1. The first-order chi connectivity index (χ1) is 10.3. The van der Waals surface area contributed by atoms with E-state index in [4.69, 9.17) is 10.5 Å². The molecule has 1 amide bonds. The molecule has 0 fully saturated rings. The van der Waals surface area contributed by atoms with Gasteiger partial charge in [-0.2, -0.15) is 0 Å². The molecule has 0 unspecified atom stereocenters. The summed E-state index contributed by atoms with van der Waals surface area (Å²) in [5.74, 6) is 0.0978. The van der Waals surface area contributed by atoms with Gasteiger partial charge in [0, 0.05) is 18.4 Å². The van der Waals surface area contributed by atoms with Gasteiger partial charge in [0.15, 0.2) is 0 Å². The van der Waals surface area contributed by atoms with Crippen molar-refractivity contribution in [2.75, 3.05) is 7.05 Å². The summed E-state index contributed by atoms with van der Waals surface area (Å²) in [6, 6.07) is 9.09. The number of carbonyl (C=O) groups excluding carboxylic acids is 1. The number of hydrogen-bond acceptors (Lipinski definition) is 4. The number of nitrogens with two attached hydrogens (primary N) is 1. The van der Waals surface area contributed by atoms with Crippen molar-refractivity contribution in [1.29, 1.82) is 0 Å². The van der Waals surface area contributed by atoms with Crippen LogP contribution in [0.5, 0.6) is 0 Å². The largest absolute Gasteiger partial charge is 0.446 e. The summed E-state index contributed by atoms with van der Waals surface area (Å²) in [5, 5.41) is 1.61. The monoisotopic (exact) mass is 324 g/mol. The van der Waals surface area contributed by atoms with E-state index in [9.17, 15) is 9.00 Å². The lowest BCUT2D eigenvalue weighted by molar-refractivity contribution is 0.0802. The van der Waals surface area contributed by atoms with E-state index >= 15 is 0 Å². The maximum atomic E-state index is 12.9. The van der Waals surface area contributed by atoms with E-state index in [0.29, 0.717) is 4.90 Å². The predicted octanol–water partition coefficient (Wildman–Crippen LogP) is 3.41. The summed E-state index contributed by atoms with van der Waals surface area (Å²) >= 11 is 0. The molecule has 2 N–H and O–H groups in total. The fraction of sp³-hybridized carbons (Fsp3) is 0.438. The Morgan fingerprint density at radius 2 is 1.86 bits per heavy atom. The van der Waals surface area contributed by atoms with Gasteiger partial charge in [0.05, 0.1) is 14.6 Å². The predicted molar refractivity (Wildman–Crippen MR) is 88.8 cm³/mol. The van der Waals surface area contributed by atoms with E-state index in [1.807, 2.05) is 32.0 Å². The van der Waals surface area contributed by atoms with E-state index in [1.165, 1.54) is 7.05 Å². The Balaban J connectivity index is 3.08. The molecule has 0 heterocycles. The molecule has 1 aromatic carbocycles. The van der Waals surface area contributed by atoms with Crippen LogP contribution in [0.25, 0.3) is 0 Å². The fourth-order valence-corrected chi connectivity index (χ4v) is 3.67. The van der Waals surface area contributed by atoms with Gasteiger partial charge >= 0.3 is 6.09 Å². The first-order valence-electron chi connectivity index (χ1n) is 7.14. The molecule has 0 aliphatic carbocycles. The Morgan fingerprint density at radius 1 is 1.27 bits per heavy atom. The third kappa shape index (κ3) is 4.87.